The first-order valence-electron chi connectivity index (χ1n) is 7.56. The maximum atomic E-state index is 5.43. The van der Waals surface area contributed by atoms with Crippen LogP contribution in [-0.4, -0.2) is 17.1 Å². The van der Waals surface area contributed by atoms with Crippen molar-refractivity contribution in [2.24, 2.45) is 0 Å². The molecule has 2 aromatic rings. The van der Waals surface area contributed by atoms with Gasteiger partial charge in [-0.05, 0) is 29.5 Å². The summed E-state index contributed by atoms with van der Waals surface area (Å²) in [6.07, 6.45) is 1.09. The highest BCUT2D eigenvalue weighted by molar-refractivity contribution is 5.76. The van der Waals surface area contributed by atoms with Crippen LogP contribution in [0, 0.1) is 0 Å². The van der Waals surface area contributed by atoms with Crippen LogP contribution in [0.3, 0.4) is 0 Å². The van der Waals surface area contributed by atoms with Gasteiger partial charge in [-0.2, -0.15) is 0 Å². The summed E-state index contributed by atoms with van der Waals surface area (Å²) in [4.78, 5) is 9.46. The van der Waals surface area contributed by atoms with Crippen LogP contribution in [-0.2, 0) is 10.8 Å². The molecule has 1 aromatic heterocycles. The molecule has 0 saturated heterocycles. The molecule has 2 rings (SSSR count). The van der Waals surface area contributed by atoms with Crippen LogP contribution >= 0.6 is 0 Å². The van der Waals surface area contributed by atoms with E-state index in [-0.39, 0.29) is 10.8 Å². The number of hydrogen-bond donors (Lipinski definition) is 0. The summed E-state index contributed by atoms with van der Waals surface area (Å²) in [5.41, 5.74) is 4.09. The Morgan fingerprint density at radius 2 is 1.67 bits per heavy atom. The molecule has 0 saturated carbocycles. The van der Waals surface area contributed by atoms with Gasteiger partial charge < -0.3 is 4.74 Å². The average Bonchev–Trinajstić information content (AvgIpc) is 2.44. The lowest BCUT2D eigenvalue weighted by Gasteiger charge is -2.24. The second-order valence-electron chi connectivity index (χ2n) is 7.27. The van der Waals surface area contributed by atoms with Crippen molar-refractivity contribution in [2.45, 2.75) is 58.8 Å². The minimum Gasteiger partial charge on any atom is -0.480 e. The molecule has 0 spiro atoms. The van der Waals surface area contributed by atoms with E-state index in [4.69, 9.17) is 9.72 Å². The zero-order chi connectivity index (χ0) is 15.8. The van der Waals surface area contributed by atoms with Gasteiger partial charge in [-0.1, -0.05) is 47.6 Å². The van der Waals surface area contributed by atoms with E-state index in [2.05, 4.69) is 58.7 Å². The molecule has 1 aromatic carbocycles. The number of benzene rings is 1. The maximum absolute atomic E-state index is 5.43. The SMILES string of the molecule is CCC(C)(C)c1ccc2nc(OC)c(C(C)(C)C)nc2c1. The van der Waals surface area contributed by atoms with Crippen molar-refractivity contribution in [1.82, 2.24) is 9.97 Å². The molecule has 114 valence electrons. The quantitative estimate of drug-likeness (QED) is 0.825. The van der Waals surface area contributed by atoms with E-state index in [1.807, 2.05) is 6.07 Å². The number of rotatable bonds is 3. The topological polar surface area (TPSA) is 35.0 Å². The molecule has 21 heavy (non-hydrogen) atoms. The van der Waals surface area contributed by atoms with E-state index in [1.54, 1.807) is 7.11 Å². The fourth-order valence-electron chi connectivity index (χ4n) is 2.29. The Bertz CT molecular complexity index is 654. The highest BCUT2D eigenvalue weighted by atomic mass is 16.5. The number of aromatic nitrogens is 2. The van der Waals surface area contributed by atoms with Gasteiger partial charge in [0.1, 0.15) is 5.69 Å². The van der Waals surface area contributed by atoms with Crippen molar-refractivity contribution in [3.8, 4) is 5.88 Å². The minimum absolute atomic E-state index is 0.0944. The fraction of sp³-hybridized carbons (Fsp3) is 0.556. The molecule has 0 aliphatic heterocycles. The Kier molecular flexibility index (Phi) is 3.96. The predicted octanol–water partition coefficient (Wildman–Crippen LogP) is 4.62. The van der Waals surface area contributed by atoms with Crippen LogP contribution in [0.2, 0.25) is 0 Å². The number of methoxy groups -OCH3 is 1. The van der Waals surface area contributed by atoms with Gasteiger partial charge in [0.15, 0.2) is 0 Å². The highest BCUT2D eigenvalue weighted by Gasteiger charge is 2.24. The number of nitrogens with zero attached hydrogens (tertiary/aromatic N) is 2. The Morgan fingerprint density at radius 1 is 1.00 bits per heavy atom. The number of hydrogen-bond acceptors (Lipinski definition) is 3. The molecule has 0 amide bonds. The summed E-state index contributed by atoms with van der Waals surface area (Å²) < 4.78 is 5.43. The second-order valence-corrected chi connectivity index (χ2v) is 7.27. The van der Waals surface area contributed by atoms with Crippen LogP contribution in [0.1, 0.15) is 59.2 Å². The largest absolute Gasteiger partial charge is 0.480 e. The van der Waals surface area contributed by atoms with Crippen molar-refractivity contribution in [3.05, 3.63) is 29.5 Å². The van der Waals surface area contributed by atoms with Gasteiger partial charge >= 0.3 is 0 Å². The number of fused-ring (bicyclic) bond motifs is 1. The van der Waals surface area contributed by atoms with Gasteiger partial charge in [-0.25, -0.2) is 9.97 Å². The van der Waals surface area contributed by atoms with Crippen molar-refractivity contribution in [2.75, 3.05) is 7.11 Å². The second kappa shape index (κ2) is 5.28. The van der Waals surface area contributed by atoms with E-state index in [0.29, 0.717) is 5.88 Å². The molecular formula is C18H26N2O. The fourth-order valence-corrected chi connectivity index (χ4v) is 2.29. The molecule has 0 atom stereocenters. The monoisotopic (exact) mass is 286 g/mol. The highest BCUT2D eigenvalue weighted by Crippen LogP contribution is 2.32. The van der Waals surface area contributed by atoms with E-state index in [0.717, 1.165) is 23.1 Å². The Balaban J connectivity index is 2.68. The smallest absolute Gasteiger partial charge is 0.236 e. The lowest BCUT2D eigenvalue weighted by atomic mass is 9.82. The summed E-state index contributed by atoms with van der Waals surface area (Å²) in [5.74, 6) is 0.623. The molecule has 3 nitrogen and oxygen atoms in total. The van der Waals surface area contributed by atoms with Crippen molar-refractivity contribution >= 4 is 11.0 Å². The summed E-state index contributed by atoms with van der Waals surface area (Å²) in [5, 5.41) is 0. The van der Waals surface area contributed by atoms with Gasteiger partial charge in [0.25, 0.3) is 0 Å². The molecule has 0 unspecified atom stereocenters. The van der Waals surface area contributed by atoms with Crippen molar-refractivity contribution in [3.63, 3.8) is 0 Å². The first-order chi connectivity index (χ1) is 9.69. The number of ether oxygens (including phenoxy) is 1. The molecule has 0 radical (unpaired) electrons. The summed E-state index contributed by atoms with van der Waals surface area (Å²) in [6.45, 7) is 13.1. The molecule has 0 fully saturated rings. The zero-order valence-electron chi connectivity index (χ0n) is 14.2. The molecule has 1 heterocycles. The molecule has 0 bridgehead atoms. The maximum Gasteiger partial charge on any atom is 0.236 e. The van der Waals surface area contributed by atoms with Gasteiger partial charge in [0.2, 0.25) is 5.88 Å². The summed E-state index contributed by atoms with van der Waals surface area (Å²) >= 11 is 0. The Morgan fingerprint density at radius 3 is 2.19 bits per heavy atom. The standard InChI is InChI=1S/C18H26N2O/c1-8-18(5,6)12-9-10-13-14(11-12)19-15(17(2,3)4)16(20-13)21-7/h9-11H,8H2,1-7H3. The zero-order valence-corrected chi connectivity index (χ0v) is 14.2. The molecular weight excluding hydrogens is 260 g/mol. The van der Waals surface area contributed by atoms with Crippen LogP contribution in [0.4, 0.5) is 0 Å². The van der Waals surface area contributed by atoms with E-state index < -0.39 is 0 Å². The van der Waals surface area contributed by atoms with Gasteiger partial charge in [-0.15, -0.1) is 0 Å². The van der Waals surface area contributed by atoms with E-state index in [1.165, 1.54) is 5.56 Å². The molecule has 3 heteroatoms. The average molecular weight is 286 g/mol. The Hall–Kier alpha value is -1.64. The van der Waals surface area contributed by atoms with Crippen LogP contribution in [0.15, 0.2) is 18.2 Å². The van der Waals surface area contributed by atoms with Crippen LogP contribution < -0.4 is 4.74 Å². The third-order valence-corrected chi connectivity index (χ3v) is 4.20. The normalized spacial score (nSPS) is 12.7. The van der Waals surface area contributed by atoms with Gasteiger partial charge in [0.05, 0.1) is 18.1 Å². The van der Waals surface area contributed by atoms with E-state index >= 15 is 0 Å². The first-order valence-corrected chi connectivity index (χ1v) is 7.56. The van der Waals surface area contributed by atoms with Crippen molar-refractivity contribution in [1.29, 1.82) is 0 Å². The van der Waals surface area contributed by atoms with E-state index in [9.17, 15) is 0 Å². The molecule has 0 N–H and O–H groups in total. The molecule has 0 aliphatic rings. The predicted molar refractivity (Wildman–Crippen MR) is 88.1 cm³/mol. The van der Waals surface area contributed by atoms with Gasteiger partial charge in [0, 0.05) is 5.41 Å². The van der Waals surface area contributed by atoms with Crippen molar-refractivity contribution < 1.29 is 4.74 Å². The first kappa shape index (κ1) is 15.7. The third kappa shape index (κ3) is 3.02. The molecule has 0 aliphatic carbocycles. The summed E-state index contributed by atoms with van der Waals surface area (Å²) in [6, 6.07) is 6.36. The third-order valence-electron chi connectivity index (χ3n) is 4.20. The van der Waals surface area contributed by atoms with Gasteiger partial charge in [-0.3, -0.25) is 0 Å². The van der Waals surface area contributed by atoms with Crippen LogP contribution in [0.25, 0.3) is 11.0 Å². The lowest BCUT2D eigenvalue weighted by molar-refractivity contribution is 0.377. The Labute approximate surface area is 127 Å². The lowest BCUT2D eigenvalue weighted by Crippen LogP contribution is -2.17. The summed E-state index contributed by atoms with van der Waals surface area (Å²) in [7, 11) is 1.65. The minimum atomic E-state index is -0.0944. The van der Waals surface area contributed by atoms with Crippen LogP contribution in [0.5, 0.6) is 5.88 Å².